The summed E-state index contributed by atoms with van der Waals surface area (Å²) in [5.41, 5.74) is 8.33. The minimum absolute atomic E-state index is 0.478. The molecule has 0 aromatic heterocycles. The number of hydrogen-bond acceptors (Lipinski definition) is 3. The Balaban J connectivity index is 2.05. The minimum Gasteiger partial charge on any atom is -0.487 e. The van der Waals surface area contributed by atoms with Crippen molar-refractivity contribution in [3.05, 3.63) is 59.7 Å². The van der Waals surface area contributed by atoms with E-state index in [-0.39, 0.29) is 0 Å². The third-order valence-electron chi connectivity index (χ3n) is 2.80. The van der Waals surface area contributed by atoms with Crippen LogP contribution in [0.2, 0.25) is 0 Å². The molecule has 0 saturated heterocycles. The third kappa shape index (κ3) is 3.72. The number of anilines is 1. The summed E-state index contributed by atoms with van der Waals surface area (Å²) in [6.45, 7) is 0.478. The largest absolute Gasteiger partial charge is 0.487 e. The highest BCUT2D eigenvalue weighted by atomic mass is 79.9. The zero-order chi connectivity index (χ0) is 13.7. The van der Waals surface area contributed by atoms with E-state index in [2.05, 4.69) is 15.9 Å². The molecular formula is C15H16BrNO2. The van der Waals surface area contributed by atoms with E-state index in [9.17, 15) is 5.11 Å². The summed E-state index contributed by atoms with van der Waals surface area (Å²) in [5.74, 6) is 0.634. The van der Waals surface area contributed by atoms with Crippen LogP contribution < -0.4 is 10.5 Å². The molecule has 3 nitrogen and oxygen atoms in total. The number of halogens is 1. The Kier molecular flexibility index (Phi) is 4.82. The highest BCUT2D eigenvalue weighted by Gasteiger charge is 2.08. The molecule has 0 amide bonds. The van der Waals surface area contributed by atoms with Gasteiger partial charge in [-0.25, -0.2) is 0 Å². The first-order valence-electron chi connectivity index (χ1n) is 6.01. The number of alkyl halides is 1. The van der Waals surface area contributed by atoms with Gasteiger partial charge in [-0.05, 0) is 23.3 Å². The van der Waals surface area contributed by atoms with Gasteiger partial charge in [0, 0.05) is 5.33 Å². The quantitative estimate of drug-likeness (QED) is 0.656. The lowest BCUT2D eigenvalue weighted by molar-refractivity contribution is 0.205. The molecule has 3 N–H and O–H groups in total. The maximum absolute atomic E-state index is 9.71. The molecule has 0 fully saturated rings. The zero-order valence-corrected chi connectivity index (χ0v) is 12.0. The van der Waals surface area contributed by atoms with Gasteiger partial charge in [0.05, 0.1) is 11.8 Å². The zero-order valence-electron chi connectivity index (χ0n) is 10.4. The van der Waals surface area contributed by atoms with Gasteiger partial charge in [0.15, 0.2) is 0 Å². The number of nitrogen functional groups attached to an aromatic ring is 1. The molecule has 1 atom stereocenters. The van der Waals surface area contributed by atoms with Crippen molar-refractivity contribution in [3.8, 4) is 5.75 Å². The van der Waals surface area contributed by atoms with Gasteiger partial charge in [-0.1, -0.05) is 52.3 Å². The number of aliphatic hydroxyl groups is 1. The smallest absolute Gasteiger partial charge is 0.142 e. The summed E-state index contributed by atoms with van der Waals surface area (Å²) in [6, 6.07) is 15.3. The van der Waals surface area contributed by atoms with Crippen LogP contribution in [0.3, 0.4) is 0 Å². The van der Waals surface area contributed by atoms with Crippen LogP contribution in [-0.4, -0.2) is 10.4 Å². The molecule has 0 heterocycles. The lowest BCUT2D eigenvalue weighted by atomic mass is 10.1. The summed E-state index contributed by atoms with van der Waals surface area (Å²) in [7, 11) is 0. The van der Waals surface area contributed by atoms with Crippen LogP contribution in [0.5, 0.6) is 5.75 Å². The molecule has 0 radical (unpaired) electrons. The average molecular weight is 322 g/mol. The number of benzene rings is 2. The maximum atomic E-state index is 9.71. The van der Waals surface area contributed by atoms with Crippen LogP contribution in [-0.2, 0) is 6.61 Å². The lowest BCUT2D eigenvalue weighted by Crippen LogP contribution is -2.02. The molecule has 1 unspecified atom stereocenters. The first-order chi connectivity index (χ1) is 9.20. The summed E-state index contributed by atoms with van der Waals surface area (Å²) < 4.78 is 5.67. The van der Waals surface area contributed by atoms with Gasteiger partial charge in [0.25, 0.3) is 0 Å². The van der Waals surface area contributed by atoms with E-state index in [1.54, 1.807) is 12.1 Å². The monoisotopic (exact) mass is 321 g/mol. The molecule has 0 aliphatic heterocycles. The Morgan fingerprint density at radius 3 is 2.53 bits per heavy atom. The molecule has 0 spiro atoms. The van der Waals surface area contributed by atoms with Crippen LogP contribution in [0.1, 0.15) is 17.2 Å². The van der Waals surface area contributed by atoms with Crippen LogP contribution >= 0.6 is 15.9 Å². The Hall–Kier alpha value is -1.52. The number of hydrogen-bond donors (Lipinski definition) is 2. The van der Waals surface area contributed by atoms with Crippen molar-refractivity contribution in [2.75, 3.05) is 11.1 Å². The normalized spacial score (nSPS) is 12.1. The van der Waals surface area contributed by atoms with E-state index in [1.807, 2.05) is 36.4 Å². The van der Waals surface area contributed by atoms with Crippen LogP contribution in [0.4, 0.5) is 5.69 Å². The molecule has 19 heavy (non-hydrogen) atoms. The summed E-state index contributed by atoms with van der Waals surface area (Å²) >= 11 is 3.23. The van der Waals surface area contributed by atoms with E-state index in [1.165, 1.54) is 0 Å². The second-order valence-electron chi connectivity index (χ2n) is 4.24. The highest BCUT2D eigenvalue weighted by molar-refractivity contribution is 9.09. The summed E-state index contributed by atoms with van der Waals surface area (Å²) in [5, 5.41) is 10.2. The van der Waals surface area contributed by atoms with Crippen molar-refractivity contribution in [3.63, 3.8) is 0 Å². The SMILES string of the molecule is Nc1cc(C(O)CBr)ccc1OCc1ccccc1. The molecule has 0 aliphatic rings. The van der Waals surface area contributed by atoms with Crippen molar-refractivity contribution in [2.24, 2.45) is 0 Å². The van der Waals surface area contributed by atoms with Crippen molar-refractivity contribution in [2.45, 2.75) is 12.7 Å². The Morgan fingerprint density at radius 1 is 1.16 bits per heavy atom. The van der Waals surface area contributed by atoms with Crippen LogP contribution in [0.15, 0.2) is 48.5 Å². The van der Waals surface area contributed by atoms with Crippen molar-refractivity contribution in [1.29, 1.82) is 0 Å². The van der Waals surface area contributed by atoms with E-state index in [0.29, 0.717) is 23.4 Å². The Labute approximate surface area is 121 Å². The van der Waals surface area contributed by atoms with Crippen molar-refractivity contribution >= 4 is 21.6 Å². The summed E-state index contributed by atoms with van der Waals surface area (Å²) in [6.07, 6.45) is -0.550. The van der Waals surface area contributed by atoms with Gasteiger partial charge in [-0.15, -0.1) is 0 Å². The Bertz CT molecular complexity index is 531. The molecular weight excluding hydrogens is 306 g/mol. The first kappa shape index (κ1) is 13.9. The van der Waals surface area contributed by atoms with Crippen LogP contribution in [0.25, 0.3) is 0 Å². The van der Waals surface area contributed by atoms with Crippen molar-refractivity contribution in [1.82, 2.24) is 0 Å². The molecule has 0 aliphatic carbocycles. The number of aliphatic hydroxyl groups excluding tert-OH is 1. The number of nitrogens with two attached hydrogens (primary N) is 1. The van der Waals surface area contributed by atoms with Gasteiger partial charge < -0.3 is 15.6 Å². The van der Waals surface area contributed by atoms with Gasteiger partial charge >= 0.3 is 0 Å². The van der Waals surface area contributed by atoms with E-state index in [4.69, 9.17) is 10.5 Å². The molecule has 2 aromatic carbocycles. The maximum Gasteiger partial charge on any atom is 0.142 e. The fourth-order valence-electron chi connectivity index (χ4n) is 1.73. The van der Waals surface area contributed by atoms with Crippen molar-refractivity contribution < 1.29 is 9.84 Å². The predicted molar refractivity (Wildman–Crippen MR) is 80.4 cm³/mol. The molecule has 100 valence electrons. The second-order valence-corrected chi connectivity index (χ2v) is 4.89. The fraction of sp³-hybridized carbons (Fsp3) is 0.200. The first-order valence-corrected chi connectivity index (χ1v) is 7.13. The molecule has 0 bridgehead atoms. The number of ether oxygens (including phenoxy) is 1. The molecule has 4 heteroatoms. The minimum atomic E-state index is -0.550. The third-order valence-corrected chi connectivity index (χ3v) is 3.42. The van der Waals surface area contributed by atoms with Gasteiger partial charge in [0.2, 0.25) is 0 Å². The Morgan fingerprint density at radius 2 is 1.89 bits per heavy atom. The molecule has 0 saturated carbocycles. The predicted octanol–water partition coefficient (Wildman–Crippen LogP) is 3.28. The summed E-state index contributed by atoms with van der Waals surface area (Å²) in [4.78, 5) is 0. The van der Waals surface area contributed by atoms with E-state index >= 15 is 0 Å². The number of rotatable bonds is 5. The molecule has 2 rings (SSSR count). The fourth-order valence-corrected chi connectivity index (χ4v) is 2.10. The van der Waals surface area contributed by atoms with Crippen LogP contribution in [0, 0.1) is 0 Å². The van der Waals surface area contributed by atoms with E-state index < -0.39 is 6.10 Å². The average Bonchev–Trinajstić information content (AvgIpc) is 2.46. The van der Waals surface area contributed by atoms with Gasteiger partial charge in [-0.2, -0.15) is 0 Å². The standard InChI is InChI=1S/C15H16BrNO2/c16-9-14(18)12-6-7-15(13(17)8-12)19-10-11-4-2-1-3-5-11/h1-8,14,18H,9-10,17H2. The second kappa shape index (κ2) is 6.59. The topological polar surface area (TPSA) is 55.5 Å². The lowest BCUT2D eigenvalue weighted by Gasteiger charge is -2.12. The molecule has 2 aromatic rings. The van der Waals surface area contributed by atoms with Gasteiger partial charge in [0.1, 0.15) is 12.4 Å². The highest BCUT2D eigenvalue weighted by Crippen LogP contribution is 2.27. The van der Waals surface area contributed by atoms with E-state index in [0.717, 1.165) is 11.1 Å². The van der Waals surface area contributed by atoms with Gasteiger partial charge in [-0.3, -0.25) is 0 Å².